The summed E-state index contributed by atoms with van der Waals surface area (Å²) in [5, 5.41) is 0. The normalized spacial score (nSPS) is 16.9. The van der Waals surface area contributed by atoms with Crippen LogP contribution in [-0.4, -0.2) is 18.4 Å². The van der Waals surface area contributed by atoms with Gasteiger partial charge in [0.25, 0.3) is 5.91 Å². The summed E-state index contributed by atoms with van der Waals surface area (Å²) >= 11 is 0. The van der Waals surface area contributed by atoms with Gasteiger partial charge in [-0.15, -0.1) is 0 Å². The zero-order chi connectivity index (χ0) is 22.1. The number of carbonyl (C=O) groups excluding carboxylic acids is 2. The largest absolute Gasteiger partial charge is 0.301 e. The van der Waals surface area contributed by atoms with Gasteiger partial charge in [-0.05, 0) is 55.2 Å². The Labute approximate surface area is 184 Å². The Bertz CT molecular complexity index is 1080. The van der Waals surface area contributed by atoms with E-state index in [1.807, 2.05) is 74.5 Å². The summed E-state index contributed by atoms with van der Waals surface area (Å²) < 4.78 is 0. The van der Waals surface area contributed by atoms with Gasteiger partial charge >= 0.3 is 0 Å². The Balaban J connectivity index is 1.79. The Morgan fingerprint density at radius 1 is 0.742 bits per heavy atom. The Morgan fingerprint density at radius 2 is 1.26 bits per heavy atom. The highest BCUT2D eigenvalue weighted by molar-refractivity contribution is 6.14. The van der Waals surface area contributed by atoms with Crippen molar-refractivity contribution in [3.05, 3.63) is 95.1 Å². The molecule has 0 saturated carbocycles. The Hall–Kier alpha value is -3.40. The number of nitrogens with zero attached hydrogens (tertiary/aromatic N) is 2. The van der Waals surface area contributed by atoms with Crippen LogP contribution in [0.3, 0.4) is 0 Å². The summed E-state index contributed by atoms with van der Waals surface area (Å²) in [6.07, 6.45) is 0. The fourth-order valence-electron chi connectivity index (χ4n) is 3.99. The number of piperazine rings is 1. The molecule has 31 heavy (non-hydrogen) atoms. The van der Waals surface area contributed by atoms with Crippen molar-refractivity contribution < 1.29 is 9.59 Å². The van der Waals surface area contributed by atoms with Crippen molar-refractivity contribution in [2.24, 2.45) is 0 Å². The van der Waals surface area contributed by atoms with Crippen LogP contribution in [0.15, 0.2) is 72.8 Å². The zero-order valence-electron chi connectivity index (χ0n) is 18.5. The molecule has 4 heteroatoms. The first kappa shape index (κ1) is 20.9. The second-order valence-corrected chi connectivity index (χ2v) is 8.58. The van der Waals surface area contributed by atoms with Crippen molar-refractivity contribution in [1.82, 2.24) is 0 Å². The number of hydrogen-bond acceptors (Lipinski definition) is 2. The third-order valence-corrected chi connectivity index (χ3v) is 5.90. The standard InChI is InChI=1S/C27H28N2O2/c1-18(2)21-9-11-22(12-10-21)26-27(31)28(23-13-5-19(3)6-14-23)17-25(30)29(26)24-15-7-20(4)8-16-24/h5-16,18,26H,17H2,1-4H3/t26-/m1/s1. The first-order valence-electron chi connectivity index (χ1n) is 10.7. The molecule has 0 unspecified atom stereocenters. The highest BCUT2D eigenvalue weighted by Gasteiger charge is 2.41. The summed E-state index contributed by atoms with van der Waals surface area (Å²) in [4.78, 5) is 30.4. The molecule has 1 fully saturated rings. The number of hydrogen-bond donors (Lipinski definition) is 0. The molecule has 0 bridgehead atoms. The van der Waals surface area contributed by atoms with Crippen molar-refractivity contribution in [3.63, 3.8) is 0 Å². The van der Waals surface area contributed by atoms with Crippen molar-refractivity contribution >= 4 is 23.2 Å². The van der Waals surface area contributed by atoms with Crippen LogP contribution in [0.5, 0.6) is 0 Å². The van der Waals surface area contributed by atoms with E-state index in [1.54, 1.807) is 9.80 Å². The number of rotatable bonds is 4. The van der Waals surface area contributed by atoms with E-state index in [0.717, 1.165) is 28.1 Å². The molecule has 0 aromatic heterocycles. The number of benzene rings is 3. The molecule has 0 N–H and O–H groups in total. The maximum Gasteiger partial charge on any atom is 0.255 e. The Morgan fingerprint density at radius 3 is 1.77 bits per heavy atom. The number of amides is 2. The van der Waals surface area contributed by atoms with Crippen LogP contribution in [0.1, 0.15) is 48.1 Å². The number of carbonyl (C=O) groups is 2. The van der Waals surface area contributed by atoms with Gasteiger partial charge < -0.3 is 4.90 Å². The summed E-state index contributed by atoms with van der Waals surface area (Å²) in [6.45, 7) is 8.32. The molecule has 158 valence electrons. The molecule has 1 aliphatic heterocycles. The maximum absolute atomic E-state index is 13.8. The lowest BCUT2D eigenvalue weighted by molar-refractivity contribution is -0.128. The molecule has 1 saturated heterocycles. The van der Waals surface area contributed by atoms with Gasteiger partial charge in [0.15, 0.2) is 0 Å². The molecule has 4 rings (SSSR count). The molecular weight excluding hydrogens is 384 g/mol. The summed E-state index contributed by atoms with van der Waals surface area (Å²) in [7, 11) is 0. The second kappa shape index (κ2) is 8.38. The van der Waals surface area contributed by atoms with E-state index in [2.05, 4.69) is 26.0 Å². The summed E-state index contributed by atoms with van der Waals surface area (Å²) in [5.74, 6) is 0.207. The van der Waals surface area contributed by atoms with Crippen LogP contribution >= 0.6 is 0 Å². The first-order chi connectivity index (χ1) is 14.8. The van der Waals surface area contributed by atoms with E-state index in [-0.39, 0.29) is 18.4 Å². The fourth-order valence-corrected chi connectivity index (χ4v) is 3.99. The van der Waals surface area contributed by atoms with Crippen LogP contribution in [0.25, 0.3) is 0 Å². The van der Waals surface area contributed by atoms with E-state index in [9.17, 15) is 9.59 Å². The lowest BCUT2D eigenvalue weighted by Crippen LogP contribution is -2.56. The van der Waals surface area contributed by atoms with Crippen LogP contribution in [0.4, 0.5) is 11.4 Å². The molecule has 3 aromatic rings. The van der Waals surface area contributed by atoms with Gasteiger partial charge in [0, 0.05) is 11.4 Å². The lowest BCUT2D eigenvalue weighted by Gasteiger charge is -2.40. The van der Waals surface area contributed by atoms with Gasteiger partial charge in [-0.2, -0.15) is 0 Å². The molecular formula is C27H28N2O2. The van der Waals surface area contributed by atoms with E-state index in [4.69, 9.17) is 0 Å². The molecule has 3 aromatic carbocycles. The lowest BCUT2D eigenvalue weighted by atomic mass is 9.95. The fraction of sp³-hybridized carbons (Fsp3) is 0.259. The predicted octanol–water partition coefficient (Wildman–Crippen LogP) is 5.55. The highest BCUT2D eigenvalue weighted by Crippen LogP contribution is 2.35. The van der Waals surface area contributed by atoms with E-state index >= 15 is 0 Å². The van der Waals surface area contributed by atoms with E-state index in [0.29, 0.717) is 5.92 Å². The second-order valence-electron chi connectivity index (χ2n) is 8.58. The molecule has 0 spiro atoms. The third kappa shape index (κ3) is 4.11. The van der Waals surface area contributed by atoms with Crippen molar-refractivity contribution in [3.8, 4) is 0 Å². The average Bonchev–Trinajstić information content (AvgIpc) is 2.76. The molecule has 0 aliphatic carbocycles. The van der Waals surface area contributed by atoms with Crippen molar-refractivity contribution in [2.45, 2.75) is 39.7 Å². The molecule has 0 radical (unpaired) electrons. The summed E-state index contributed by atoms with van der Waals surface area (Å²) in [5.41, 5.74) is 5.73. The van der Waals surface area contributed by atoms with Crippen molar-refractivity contribution in [2.75, 3.05) is 16.3 Å². The van der Waals surface area contributed by atoms with Crippen molar-refractivity contribution in [1.29, 1.82) is 0 Å². The molecule has 4 nitrogen and oxygen atoms in total. The molecule has 1 heterocycles. The number of anilines is 2. The SMILES string of the molecule is Cc1ccc(N2CC(=O)N(c3ccc(C)cc3)[C@H](c3ccc(C(C)C)cc3)C2=O)cc1. The monoisotopic (exact) mass is 412 g/mol. The van der Waals surface area contributed by atoms with Gasteiger partial charge in [0.05, 0.1) is 0 Å². The van der Waals surface area contributed by atoms with Crippen LogP contribution in [-0.2, 0) is 9.59 Å². The van der Waals surface area contributed by atoms with Gasteiger partial charge in [-0.3, -0.25) is 14.5 Å². The molecule has 1 aliphatic rings. The zero-order valence-corrected chi connectivity index (χ0v) is 18.5. The van der Waals surface area contributed by atoms with E-state index in [1.165, 1.54) is 5.56 Å². The number of aryl methyl sites for hydroxylation is 2. The topological polar surface area (TPSA) is 40.6 Å². The molecule has 1 atom stereocenters. The molecule has 2 amide bonds. The van der Waals surface area contributed by atoms with E-state index < -0.39 is 6.04 Å². The average molecular weight is 413 g/mol. The quantitative estimate of drug-likeness (QED) is 0.564. The van der Waals surface area contributed by atoms with Crippen LogP contribution in [0.2, 0.25) is 0 Å². The predicted molar refractivity (Wildman–Crippen MR) is 125 cm³/mol. The Kier molecular flexibility index (Phi) is 5.64. The third-order valence-electron chi connectivity index (χ3n) is 5.90. The van der Waals surface area contributed by atoms with Crippen LogP contribution in [0, 0.1) is 13.8 Å². The first-order valence-corrected chi connectivity index (χ1v) is 10.7. The van der Waals surface area contributed by atoms with Crippen LogP contribution < -0.4 is 9.80 Å². The minimum atomic E-state index is -0.702. The highest BCUT2D eigenvalue weighted by atomic mass is 16.2. The minimum Gasteiger partial charge on any atom is -0.301 e. The van der Waals surface area contributed by atoms with Gasteiger partial charge in [0.1, 0.15) is 12.6 Å². The smallest absolute Gasteiger partial charge is 0.255 e. The van der Waals surface area contributed by atoms with Gasteiger partial charge in [-0.25, -0.2) is 0 Å². The maximum atomic E-state index is 13.8. The van der Waals surface area contributed by atoms with Gasteiger partial charge in [0.2, 0.25) is 5.91 Å². The van der Waals surface area contributed by atoms with Gasteiger partial charge in [-0.1, -0.05) is 73.5 Å². The summed E-state index contributed by atoms with van der Waals surface area (Å²) in [6, 6.07) is 22.9. The minimum absolute atomic E-state index is 0.0242.